The van der Waals surface area contributed by atoms with E-state index in [1.807, 2.05) is 17.6 Å². The normalized spacial score (nSPS) is 16.5. The first kappa shape index (κ1) is 22.3. The van der Waals surface area contributed by atoms with Crippen LogP contribution in [0.3, 0.4) is 0 Å². The Morgan fingerprint density at radius 1 is 1.12 bits per heavy atom. The molecule has 9 heteroatoms. The van der Waals surface area contributed by atoms with Crippen LogP contribution < -0.4 is 4.74 Å². The molecule has 0 radical (unpaired) electrons. The number of halogens is 4. The van der Waals surface area contributed by atoms with Crippen molar-refractivity contribution in [3.63, 3.8) is 0 Å². The van der Waals surface area contributed by atoms with Gasteiger partial charge in [-0.15, -0.1) is 13.2 Å². The zero-order valence-electron chi connectivity index (χ0n) is 18.0. The minimum Gasteiger partial charge on any atom is -0.406 e. The van der Waals surface area contributed by atoms with E-state index in [0.717, 1.165) is 11.3 Å². The van der Waals surface area contributed by atoms with Crippen LogP contribution in [0.5, 0.6) is 5.75 Å². The second-order valence-electron chi connectivity index (χ2n) is 7.92. The van der Waals surface area contributed by atoms with Crippen molar-refractivity contribution in [1.29, 1.82) is 0 Å². The van der Waals surface area contributed by atoms with Crippen molar-refractivity contribution >= 4 is 0 Å². The maximum Gasteiger partial charge on any atom is 0.573 e. The SMILES string of the molecule is Cc1cc(-c2nc(-c3ccc(OC(F)(F)F)c(C)c3)n3c2CCO[C@H](C)C3)cc(CF)n1. The Balaban J connectivity index is 1.85. The van der Waals surface area contributed by atoms with E-state index >= 15 is 0 Å². The largest absolute Gasteiger partial charge is 0.573 e. The van der Waals surface area contributed by atoms with Gasteiger partial charge in [0.1, 0.15) is 18.2 Å². The van der Waals surface area contributed by atoms with Gasteiger partial charge in [-0.25, -0.2) is 9.37 Å². The lowest BCUT2D eigenvalue weighted by molar-refractivity contribution is -0.274. The Kier molecular flexibility index (Phi) is 5.94. The van der Waals surface area contributed by atoms with Crippen molar-refractivity contribution < 1.29 is 27.0 Å². The third-order valence-electron chi connectivity index (χ3n) is 5.33. The number of hydrogen-bond acceptors (Lipinski definition) is 4. The summed E-state index contributed by atoms with van der Waals surface area (Å²) in [6.07, 6.45) is -4.22. The molecule has 4 rings (SSSR count). The highest BCUT2D eigenvalue weighted by Gasteiger charge is 2.32. The van der Waals surface area contributed by atoms with Crippen LogP contribution in [0.15, 0.2) is 30.3 Å². The van der Waals surface area contributed by atoms with Crippen LogP contribution in [0.2, 0.25) is 0 Å². The van der Waals surface area contributed by atoms with E-state index in [2.05, 4.69) is 9.72 Å². The first-order valence-electron chi connectivity index (χ1n) is 10.3. The molecule has 3 aromatic rings. The maximum absolute atomic E-state index is 13.3. The van der Waals surface area contributed by atoms with Crippen LogP contribution in [0.1, 0.15) is 29.6 Å². The van der Waals surface area contributed by atoms with Gasteiger partial charge in [0.25, 0.3) is 0 Å². The second-order valence-corrected chi connectivity index (χ2v) is 7.92. The van der Waals surface area contributed by atoms with Gasteiger partial charge < -0.3 is 14.0 Å². The molecule has 32 heavy (non-hydrogen) atoms. The average molecular weight is 449 g/mol. The van der Waals surface area contributed by atoms with Gasteiger partial charge in [0.15, 0.2) is 0 Å². The fraction of sp³-hybridized carbons (Fsp3) is 0.391. The lowest BCUT2D eigenvalue weighted by Crippen LogP contribution is -2.18. The highest BCUT2D eigenvalue weighted by molar-refractivity contribution is 5.70. The number of aryl methyl sites for hydroxylation is 2. The van der Waals surface area contributed by atoms with Gasteiger partial charge in [0.05, 0.1) is 30.6 Å². The number of rotatable bonds is 4. The molecule has 0 aliphatic carbocycles. The summed E-state index contributed by atoms with van der Waals surface area (Å²) in [7, 11) is 0. The molecule has 0 saturated heterocycles. The molecule has 170 valence electrons. The van der Waals surface area contributed by atoms with E-state index in [1.165, 1.54) is 6.07 Å². The van der Waals surface area contributed by atoms with Crippen molar-refractivity contribution in [3.8, 4) is 28.4 Å². The van der Waals surface area contributed by atoms with E-state index in [9.17, 15) is 17.6 Å². The van der Waals surface area contributed by atoms with E-state index in [-0.39, 0.29) is 11.9 Å². The molecule has 0 spiro atoms. The molecule has 1 aliphatic heterocycles. The summed E-state index contributed by atoms with van der Waals surface area (Å²) in [6, 6.07) is 8.03. The third-order valence-corrected chi connectivity index (χ3v) is 5.33. The Morgan fingerprint density at radius 3 is 2.59 bits per heavy atom. The number of imidazole rings is 1. The van der Waals surface area contributed by atoms with Crippen molar-refractivity contribution in [2.24, 2.45) is 0 Å². The number of aromatic nitrogens is 3. The van der Waals surface area contributed by atoms with E-state index in [0.29, 0.717) is 53.6 Å². The molecule has 5 nitrogen and oxygen atoms in total. The molecule has 2 aromatic heterocycles. The minimum absolute atomic E-state index is 0.0634. The topological polar surface area (TPSA) is 49.2 Å². The monoisotopic (exact) mass is 449 g/mol. The highest BCUT2D eigenvalue weighted by Crippen LogP contribution is 2.35. The zero-order valence-corrected chi connectivity index (χ0v) is 18.0. The van der Waals surface area contributed by atoms with E-state index in [1.54, 1.807) is 32.0 Å². The Morgan fingerprint density at radius 2 is 1.91 bits per heavy atom. The summed E-state index contributed by atoms with van der Waals surface area (Å²) in [6.45, 7) is 5.68. The molecule has 0 amide bonds. The smallest absolute Gasteiger partial charge is 0.406 e. The maximum atomic E-state index is 13.3. The summed E-state index contributed by atoms with van der Waals surface area (Å²) >= 11 is 0. The first-order chi connectivity index (χ1) is 15.1. The van der Waals surface area contributed by atoms with Gasteiger partial charge >= 0.3 is 6.36 Å². The van der Waals surface area contributed by atoms with Crippen LogP contribution in [-0.4, -0.2) is 33.6 Å². The molecule has 3 heterocycles. The van der Waals surface area contributed by atoms with Crippen molar-refractivity contribution in [2.45, 2.75) is 52.9 Å². The lowest BCUT2D eigenvalue weighted by Gasteiger charge is -2.15. The fourth-order valence-electron chi connectivity index (χ4n) is 4.02. The molecular formula is C23H23F4N3O2. The number of fused-ring (bicyclic) bond motifs is 1. The predicted molar refractivity (Wildman–Crippen MR) is 111 cm³/mol. The van der Waals surface area contributed by atoms with E-state index < -0.39 is 13.0 Å². The molecule has 1 atom stereocenters. The second kappa shape index (κ2) is 8.54. The molecule has 0 unspecified atom stereocenters. The van der Waals surface area contributed by atoms with Gasteiger partial charge in [-0.3, -0.25) is 4.98 Å². The molecule has 0 N–H and O–H groups in total. The zero-order chi connectivity index (χ0) is 23.0. The standard InChI is InChI=1S/C23H23F4N3O2/c1-13-8-16(4-5-20(13)32-23(25,26)27)22-29-21(17-9-14(2)28-18(10-17)11-24)19-6-7-31-15(3)12-30(19)22/h4-5,8-10,15H,6-7,11-12H2,1-3H3/t15-/m1/s1. The number of nitrogens with zero attached hydrogens (tertiary/aromatic N) is 3. The van der Waals surface area contributed by atoms with Crippen molar-refractivity contribution in [3.05, 3.63) is 53.0 Å². The van der Waals surface area contributed by atoms with Crippen LogP contribution in [0.25, 0.3) is 22.6 Å². The highest BCUT2D eigenvalue weighted by atomic mass is 19.4. The Hall–Kier alpha value is -2.94. The van der Waals surface area contributed by atoms with Gasteiger partial charge in [0, 0.05) is 28.9 Å². The quantitative estimate of drug-likeness (QED) is 0.490. The summed E-state index contributed by atoms with van der Waals surface area (Å²) in [5.74, 6) is 0.364. The summed E-state index contributed by atoms with van der Waals surface area (Å²) < 4.78 is 63.3. The molecule has 1 aromatic carbocycles. The summed E-state index contributed by atoms with van der Waals surface area (Å²) in [4.78, 5) is 9.06. The van der Waals surface area contributed by atoms with E-state index in [4.69, 9.17) is 9.72 Å². The number of ether oxygens (including phenoxy) is 2. The number of alkyl halides is 4. The third kappa shape index (κ3) is 4.62. The fourth-order valence-corrected chi connectivity index (χ4v) is 4.02. The Bertz CT molecular complexity index is 1140. The summed E-state index contributed by atoms with van der Waals surface area (Å²) in [5.41, 5.74) is 4.40. The summed E-state index contributed by atoms with van der Waals surface area (Å²) in [5, 5.41) is 0. The van der Waals surface area contributed by atoms with Gasteiger partial charge in [-0.05, 0) is 56.7 Å². The van der Waals surface area contributed by atoms with Gasteiger partial charge in [-0.2, -0.15) is 0 Å². The predicted octanol–water partition coefficient (Wildman–Crippen LogP) is 5.56. The molecule has 1 aliphatic rings. The molecule has 0 fully saturated rings. The molecular weight excluding hydrogens is 426 g/mol. The molecule has 0 bridgehead atoms. The minimum atomic E-state index is -4.76. The van der Waals surface area contributed by atoms with Crippen molar-refractivity contribution in [2.75, 3.05) is 6.61 Å². The number of hydrogen-bond donors (Lipinski definition) is 0. The first-order valence-corrected chi connectivity index (χ1v) is 10.3. The number of pyridine rings is 1. The van der Waals surface area contributed by atoms with Crippen LogP contribution in [0, 0.1) is 13.8 Å². The van der Waals surface area contributed by atoms with Crippen LogP contribution >= 0.6 is 0 Å². The Labute approximate surface area is 183 Å². The van der Waals surface area contributed by atoms with Crippen molar-refractivity contribution in [1.82, 2.24) is 14.5 Å². The van der Waals surface area contributed by atoms with Gasteiger partial charge in [0.2, 0.25) is 0 Å². The number of benzene rings is 1. The van der Waals surface area contributed by atoms with Gasteiger partial charge in [-0.1, -0.05) is 0 Å². The average Bonchev–Trinajstić information content (AvgIpc) is 2.94. The van der Waals surface area contributed by atoms with Crippen LogP contribution in [0.4, 0.5) is 17.6 Å². The molecule has 0 saturated carbocycles. The van der Waals surface area contributed by atoms with Crippen LogP contribution in [-0.2, 0) is 24.4 Å². The lowest BCUT2D eigenvalue weighted by atomic mass is 10.1.